The third-order valence-electron chi connectivity index (χ3n) is 2.15. The zero-order valence-electron chi connectivity index (χ0n) is 9.95. The van der Waals surface area contributed by atoms with Crippen LogP contribution in [0.3, 0.4) is 0 Å². The summed E-state index contributed by atoms with van der Waals surface area (Å²) in [6, 6.07) is 4.10. The van der Waals surface area contributed by atoms with E-state index < -0.39 is 5.82 Å². The summed E-state index contributed by atoms with van der Waals surface area (Å²) in [6.45, 7) is 2.63. The Kier molecular flexibility index (Phi) is 4.55. The zero-order chi connectivity index (χ0) is 13.8. The van der Waals surface area contributed by atoms with Gasteiger partial charge in [-0.15, -0.1) is 0 Å². The molecule has 0 fully saturated rings. The fourth-order valence-corrected chi connectivity index (χ4v) is 1.76. The maximum absolute atomic E-state index is 13.0. The van der Waals surface area contributed by atoms with E-state index in [0.717, 1.165) is 0 Å². The molecule has 0 bridgehead atoms. The van der Waals surface area contributed by atoms with Crippen LogP contribution in [0.1, 0.15) is 6.92 Å². The third-order valence-corrected chi connectivity index (χ3v) is 2.99. The molecule has 0 aliphatic carbocycles. The summed E-state index contributed by atoms with van der Waals surface area (Å²) in [5.74, 6) is 0.680. The molecular weight excluding hydrogens is 337 g/mol. The lowest BCUT2D eigenvalue weighted by Crippen LogP contribution is -2.03. The van der Waals surface area contributed by atoms with E-state index in [-0.39, 0.29) is 5.02 Å². The lowest BCUT2D eigenvalue weighted by Gasteiger charge is -2.08. The predicted molar refractivity (Wildman–Crippen MR) is 75.4 cm³/mol. The topological polar surface area (TPSA) is 47.0 Å². The summed E-state index contributed by atoms with van der Waals surface area (Å²) in [7, 11) is 0. The van der Waals surface area contributed by atoms with E-state index in [1.807, 2.05) is 6.92 Å². The van der Waals surface area contributed by atoms with Crippen molar-refractivity contribution >= 4 is 33.5 Å². The maximum Gasteiger partial charge on any atom is 0.238 e. The molecule has 0 saturated carbocycles. The Hall–Kier alpha value is -1.40. The number of ether oxygens (including phenoxy) is 1. The Bertz CT molecular complexity index is 597. The molecule has 0 spiro atoms. The van der Waals surface area contributed by atoms with Gasteiger partial charge in [-0.3, -0.25) is 0 Å². The predicted octanol–water partition coefficient (Wildman–Crippen LogP) is 4.26. The van der Waals surface area contributed by atoms with Crippen LogP contribution in [0.5, 0.6) is 11.6 Å². The van der Waals surface area contributed by atoms with Crippen LogP contribution in [-0.4, -0.2) is 16.5 Å². The molecule has 7 heteroatoms. The molecule has 0 saturated heterocycles. The summed E-state index contributed by atoms with van der Waals surface area (Å²) >= 11 is 8.98. The normalized spacial score (nSPS) is 10.3. The van der Waals surface area contributed by atoms with E-state index in [0.29, 0.717) is 28.6 Å². The summed E-state index contributed by atoms with van der Waals surface area (Å²) in [6.07, 6.45) is 1.57. The number of aromatic nitrogens is 2. The van der Waals surface area contributed by atoms with Gasteiger partial charge in [0.05, 0.1) is 15.7 Å². The van der Waals surface area contributed by atoms with Crippen LogP contribution in [0.25, 0.3) is 0 Å². The number of nitrogens with one attached hydrogen (secondary N) is 1. The molecule has 0 aliphatic heterocycles. The van der Waals surface area contributed by atoms with Crippen LogP contribution in [0.4, 0.5) is 10.3 Å². The van der Waals surface area contributed by atoms with Crippen molar-refractivity contribution in [2.75, 3.05) is 11.9 Å². The Morgan fingerprint density at radius 3 is 2.95 bits per heavy atom. The molecule has 1 heterocycles. The molecule has 1 aromatic heterocycles. The first-order valence-electron chi connectivity index (χ1n) is 5.49. The van der Waals surface area contributed by atoms with Gasteiger partial charge in [-0.1, -0.05) is 11.6 Å². The standard InChI is InChI=1S/C12H10BrClFN3O/c1-2-16-12-17-6-8(13)11(18-12)19-7-3-4-10(15)9(14)5-7/h3-6H,2H2,1H3,(H,16,17,18). The SMILES string of the molecule is CCNc1ncc(Br)c(Oc2ccc(F)c(Cl)c2)n1. The van der Waals surface area contributed by atoms with E-state index in [1.165, 1.54) is 18.2 Å². The van der Waals surface area contributed by atoms with Crippen molar-refractivity contribution in [3.05, 3.63) is 39.7 Å². The molecule has 0 aliphatic rings. The molecule has 2 rings (SSSR count). The van der Waals surface area contributed by atoms with Crippen molar-refractivity contribution in [2.45, 2.75) is 6.92 Å². The lowest BCUT2D eigenvalue weighted by atomic mass is 10.3. The first kappa shape index (κ1) is 14.0. The van der Waals surface area contributed by atoms with Crippen molar-refractivity contribution in [3.8, 4) is 11.6 Å². The third kappa shape index (κ3) is 3.54. The van der Waals surface area contributed by atoms with Crippen LogP contribution in [-0.2, 0) is 0 Å². The van der Waals surface area contributed by atoms with Gasteiger partial charge in [0.1, 0.15) is 11.6 Å². The molecule has 0 unspecified atom stereocenters. The smallest absolute Gasteiger partial charge is 0.238 e. The van der Waals surface area contributed by atoms with Crippen LogP contribution < -0.4 is 10.1 Å². The van der Waals surface area contributed by atoms with Crippen LogP contribution in [0, 0.1) is 5.82 Å². The quantitative estimate of drug-likeness (QED) is 0.899. The summed E-state index contributed by atoms with van der Waals surface area (Å²) in [4.78, 5) is 8.25. The number of halogens is 3. The minimum Gasteiger partial charge on any atom is -0.438 e. The van der Waals surface area contributed by atoms with Gasteiger partial charge >= 0.3 is 0 Å². The van der Waals surface area contributed by atoms with Gasteiger partial charge in [-0.05, 0) is 35.0 Å². The van der Waals surface area contributed by atoms with E-state index >= 15 is 0 Å². The van der Waals surface area contributed by atoms with Crippen molar-refractivity contribution in [1.29, 1.82) is 0 Å². The van der Waals surface area contributed by atoms with Gasteiger partial charge in [-0.25, -0.2) is 9.37 Å². The van der Waals surface area contributed by atoms with Gasteiger partial charge in [0.2, 0.25) is 11.8 Å². The van der Waals surface area contributed by atoms with Gasteiger partial charge in [0.25, 0.3) is 0 Å². The Labute approximate surface area is 123 Å². The lowest BCUT2D eigenvalue weighted by molar-refractivity contribution is 0.457. The highest BCUT2D eigenvalue weighted by Crippen LogP contribution is 2.30. The Balaban J connectivity index is 2.26. The maximum atomic E-state index is 13.0. The van der Waals surface area contributed by atoms with Crippen molar-refractivity contribution in [3.63, 3.8) is 0 Å². The number of anilines is 1. The molecule has 0 amide bonds. The van der Waals surface area contributed by atoms with Crippen molar-refractivity contribution < 1.29 is 9.13 Å². The van der Waals surface area contributed by atoms with Crippen molar-refractivity contribution in [2.24, 2.45) is 0 Å². The summed E-state index contributed by atoms with van der Waals surface area (Å²) in [5.41, 5.74) is 0. The highest BCUT2D eigenvalue weighted by Gasteiger charge is 2.09. The Morgan fingerprint density at radius 1 is 1.47 bits per heavy atom. The minimum absolute atomic E-state index is 0.00501. The van der Waals surface area contributed by atoms with Gasteiger partial charge in [0.15, 0.2) is 0 Å². The Morgan fingerprint density at radius 2 is 2.26 bits per heavy atom. The van der Waals surface area contributed by atoms with Crippen LogP contribution in [0.15, 0.2) is 28.9 Å². The summed E-state index contributed by atoms with van der Waals surface area (Å²) in [5, 5.41) is 2.97. The summed E-state index contributed by atoms with van der Waals surface area (Å²) < 4.78 is 19.2. The molecule has 0 atom stereocenters. The highest BCUT2D eigenvalue weighted by atomic mass is 79.9. The van der Waals surface area contributed by atoms with Gasteiger partial charge < -0.3 is 10.1 Å². The second kappa shape index (κ2) is 6.16. The van der Waals surface area contributed by atoms with Crippen molar-refractivity contribution in [1.82, 2.24) is 9.97 Å². The number of hydrogen-bond acceptors (Lipinski definition) is 4. The average Bonchev–Trinajstić information content (AvgIpc) is 2.38. The van der Waals surface area contributed by atoms with Crippen LogP contribution in [0.2, 0.25) is 5.02 Å². The molecule has 4 nitrogen and oxygen atoms in total. The number of rotatable bonds is 4. The number of hydrogen-bond donors (Lipinski definition) is 1. The average molecular weight is 347 g/mol. The van der Waals surface area contributed by atoms with E-state index in [1.54, 1.807) is 6.20 Å². The van der Waals surface area contributed by atoms with Gasteiger partial charge in [-0.2, -0.15) is 4.98 Å². The highest BCUT2D eigenvalue weighted by molar-refractivity contribution is 9.10. The largest absolute Gasteiger partial charge is 0.438 e. The molecule has 1 aromatic carbocycles. The van der Waals surface area contributed by atoms with E-state index in [9.17, 15) is 4.39 Å². The molecule has 100 valence electrons. The van der Waals surface area contributed by atoms with E-state index in [2.05, 4.69) is 31.2 Å². The fourth-order valence-electron chi connectivity index (χ4n) is 1.32. The van der Waals surface area contributed by atoms with Gasteiger partial charge in [0, 0.05) is 12.6 Å². The second-order valence-corrected chi connectivity index (χ2v) is 4.82. The second-order valence-electron chi connectivity index (χ2n) is 3.56. The molecular formula is C12H10BrClFN3O. The first-order valence-corrected chi connectivity index (χ1v) is 6.66. The molecule has 2 aromatic rings. The van der Waals surface area contributed by atoms with Crippen LogP contribution >= 0.6 is 27.5 Å². The number of benzene rings is 1. The molecule has 0 radical (unpaired) electrons. The monoisotopic (exact) mass is 345 g/mol. The zero-order valence-corrected chi connectivity index (χ0v) is 12.3. The number of nitrogens with zero attached hydrogens (tertiary/aromatic N) is 2. The molecule has 1 N–H and O–H groups in total. The first-order chi connectivity index (χ1) is 9.10. The molecule has 19 heavy (non-hydrogen) atoms. The minimum atomic E-state index is -0.496. The van der Waals surface area contributed by atoms with E-state index in [4.69, 9.17) is 16.3 Å². The fraction of sp³-hybridized carbons (Fsp3) is 0.167.